The first kappa shape index (κ1) is 14.6. The SMILES string of the molecule is CCc1nn(C)c(COC(=O)c2cccc(N)c2)c1Br. The largest absolute Gasteiger partial charge is 0.456 e. The molecule has 0 aliphatic rings. The minimum Gasteiger partial charge on any atom is -0.456 e. The van der Waals surface area contributed by atoms with Crippen LogP contribution in [0.1, 0.15) is 28.7 Å². The highest BCUT2D eigenvalue weighted by molar-refractivity contribution is 9.10. The third kappa shape index (κ3) is 3.01. The van der Waals surface area contributed by atoms with Crippen molar-refractivity contribution in [3.05, 3.63) is 45.7 Å². The molecule has 106 valence electrons. The Hall–Kier alpha value is -1.82. The summed E-state index contributed by atoms with van der Waals surface area (Å²) >= 11 is 3.49. The summed E-state index contributed by atoms with van der Waals surface area (Å²) in [5, 5.41) is 4.35. The molecule has 1 aromatic heterocycles. The Bertz CT molecular complexity index is 637. The van der Waals surface area contributed by atoms with Crippen molar-refractivity contribution < 1.29 is 9.53 Å². The first-order valence-corrected chi connectivity index (χ1v) is 7.05. The van der Waals surface area contributed by atoms with Crippen LogP contribution in [-0.4, -0.2) is 15.7 Å². The second kappa shape index (κ2) is 6.09. The Morgan fingerprint density at radius 3 is 2.85 bits per heavy atom. The molecule has 0 unspecified atom stereocenters. The average Bonchev–Trinajstić information content (AvgIpc) is 2.71. The standard InChI is InChI=1S/C14H16BrN3O2/c1-3-11-13(15)12(18(2)17-11)8-20-14(19)9-5-4-6-10(16)7-9/h4-7H,3,8,16H2,1-2H3. The number of aromatic nitrogens is 2. The molecule has 1 heterocycles. The zero-order valence-electron chi connectivity index (χ0n) is 11.4. The number of carbonyl (C=O) groups is 1. The number of hydrogen-bond donors (Lipinski definition) is 1. The summed E-state index contributed by atoms with van der Waals surface area (Å²) in [6, 6.07) is 6.72. The topological polar surface area (TPSA) is 70.1 Å². The number of anilines is 1. The minimum atomic E-state index is -0.400. The highest BCUT2D eigenvalue weighted by atomic mass is 79.9. The zero-order chi connectivity index (χ0) is 14.7. The second-order valence-corrected chi connectivity index (χ2v) is 5.18. The first-order chi connectivity index (χ1) is 9.52. The van der Waals surface area contributed by atoms with Crippen molar-refractivity contribution in [2.75, 3.05) is 5.73 Å². The normalized spacial score (nSPS) is 10.6. The molecule has 0 atom stereocenters. The molecule has 20 heavy (non-hydrogen) atoms. The van der Waals surface area contributed by atoms with Gasteiger partial charge in [-0.15, -0.1) is 0 Å². The molecule has 0 saturated carbocycles. The average molecular weight is 338 g/mol. The van der Waals surface area contributed by atoms with Crippen LogP contribution in [0.3, 0.4) is 0 Å². The number of esters is 1. The molecular formula is C14H16BrN3O2. The summed E-state index contributed by atoms with van der Waals surface area (Å²) in [7, 11) is 1.83. The highest BCUT2D eigenvalue weighted by Crippen LogP contribution is 2.22. The number of benzene rings is 1. The number of nitrogens with two attached hydrogens (primary N) is 1. The lowest BCUT2D eigenvalue weighted by molar-refractivity contribution is 0.0462. The smallest absolute Gasteiger partial charge is 0.338 e. The lowest BCUT2D eigenvalue weighted by Gasteiger charge is -2.06. The van der Waals surface area contributed by atoms with E-state index in [2.05, 4.69) is 21.0 Å². The summed E-state index contributed by atoms with van der Waals surface area (Å²) in [6.07, 6.45) is 0.817. The Labute approximate surface area is 125 Å². The number of carbonyl (C=O) groups excluding carboxylic acids is 1. The quantitative estimate of drug-likeness (QED) is 0.687. The van der Waals surface area contributed by atoms with Crippen LogP contribution in [0.2, 0.25) is 0 Å². The van der Waals surface area contributed by atoms with Gasteiger partial charge in [0.1, 0.15) is 6.61 Å². The molecule has 0 aliphatic heterocycles. The molecular weight excluding hydrogens is 322 g/mol. The van der Waals surface area contributed by atoms with Crippen molar-refractivity contribution in [3.8, 4) is 0 Å². The van der Waals surface area contributed by atoms with Gasteiger partial charge in [-0.25, -0.2) is 4.79 Å². The van der Waals surface area contributed by atoms with Gasteiger partial charge in [0, 0.05) is 12.7 Å². The van der Waals surface area contributed by atoms with E-state index in [1.165, 1.54) is 0 Å². The van der Waals surface area contributed by atoms with Crippen molar-refractivity contribution in [1.82, 2.24) is 9.78 Å². The predicted octanol–water partition coefficient (Wildman–Crippen LogP) is 2.68. The molecule has 2 N–H and O–H groups in total. The van der Waals surface area contributed by atoms with Gasteiger partial charge in [0.2, 0.25) is 0 Å². The Morgan fingerprint density at radius 1 is 1.50 bits per heavy atom. The molecule has 0 radical (unpaired) electrons. The molecule has 2 rings (SSSR count). The molecule has 2 aromatic rings. The molecule has 0 bridgehead atoms. The summed E-state index contributed by atoms with van der Waals surface area (Å²) in [5.41, 5.74) is 8.40. The molecule has 6 heteroatoms. The van der Waals surface area contributed by atoms with Crippen LogP contribution in [0.5, 0.6) is 0 Å². The van der Waals surface area contributed by atoms with Crippen molar-refractivity contribution in [1.29, 1.82) is 0 Å². The maximum absolute atomic E-state index is 11.9. The van der Waals surface area contributed by atoms with Gasteiger partial charge >= 0.3 is 5.97 Å². The van der Waals surface area contributed by atoms with Crippen molar-refractivity contribution in [2.45, 2.75) is 20.0 Å². The van der Waals surface area contributed by atoms with Gasteiger partial charge in [0.05, 0.1) is 21.4 Å². The van der Waals surface area contributed by atoms with E-state index in [1.807, 2.05) is 14.0 Å². The fourth-order valence-corrected chi connectivity index (χ4v) is 2.59. The van der Waals surface area contributed by atoms with Crippen LogP contribution in [-0.2, 0) is 24.8 Å². The molecule has 0 aliphatic carbocycles. The van der Waals surface area contributed by atoms with Gasteiger partial charge < -0.3 is 10.5 Å². The number of aryl methyl sites for hydroxylation is 2. The van der Waals surface area contributed by atoms with Gasteiger partial charge in [-0.3, -0.25) is 4.68 Å². The van der Waals surface area contributed by atoms with E-state index in [4.69, 9.17) is 10.5 Å². The number of hydrogen-bond acceptors (Lipinski definition) is 4. The highest BCUT2D eigenvalue weighted by Gasteiger charge is 2.15. The number of rotatable bonds is 4. The maximum atomic E-state index is 11.9. The fourth-order valence-electron chi connectivity index (χ4n) is 1.86. The minimum absolute atomic E-state index is 0.164. The van der Waals surface area contributed by atoms with Crippen LogP contribution < -0.4 is 5.73 Å². The van der Waals surface area contributed by atoms with Crippen LogP contribution in [0.15, 0.2) is 28.7 Å². The van der Waals surface area contributed by atoms with Crippen LogP contribution in [0.4, 0.5) is 5.69 Å². The number of halogens is 1. The summed E-state index contributed by atoms with van der Waals surface area (Å²) < 4.78 is 7.91. The Morgan fingerprint density at radius 2 is 2.25 bits per heavy atom. The Kier molecular flexibility index (Phi) is 4.44. The van der Waals surface area contributed by atoms with E-state index in [-0.39, 0.29) is 6.61 Å². The Balaban J connectivity index is 2.09. The molecule has 0 saturated heterocycles. The van der Waals surface area contributed by atoms with Crippen molar-refractivity contribution in [2.24, 2.45) is 7.05 Å². The lowest BCUT2D eigenvalue weighted by Crippen LogP contribution is -2.08. The van der Waals surface area contributed by atoms with Gasteiger partial charge in [-0.2, -0.15) is 5.10 Å². The molecule has 0 spiro atoms. The first-order valence-electron chi connectivity index (χ1n) is 6.25. The van der Waals surface area contributed by atoms with E-state index >= 15 is 0 Å². The zero-order valence-corrected chi connectivity index (χ0v) is 13.0. The van der Waals surface area contributed by atoms with Crippen LogP contribution >= 0.6 is 15.9 Å². The van der Waals surface area contributed by atoms with Crippen LogP contribution in [0.25, 0.3) is 0 Å². The predicted molar refractivity (Wildman–Crippen MR) is 80.3 cm³/mol. The fraction of sp³-hybridized carbons (Fsp3) is 0.286. The number of nitrogen functional groups attached to an aromatic ring is 1. The van der Waals surface area contributed by atoms with Gasteiger partial charge in [-0.05, 0) is 40.5 Å². The van der Waals surface area contributed by atoms with E-state index in [0.717, 1.165) is 22.3 Å². The summed E-state index contributed by atoms with van der Waals surface area (Å²) in [5.74, 6) is -0.400. The van der Waals surface area contributed by atoms with E-state index in [0.29, 0.717) is 11.3 Å². The van der Waals surface area contributed by atoms with Crippen molar-refractivity contribution >= 4 is 27.6 Å². The maximum Gasteiger partial charge on any atom is 0.338 e. The van der Waals surface area contributed by atoms with Gasteiger partial charge in [-0.1, -0.05) is 13.0 Å². The third-order valence-corrected chi connectivity index (χ3v) is 3.88. The lowest BCUT2D eigenvalue weighted by atomic mass is 10.2. The summed E-state index contributed by atoms with van der Waals surface area (Å²) in [4.78, 5) is 11.9. The molecule has 0 amide bonds. The number of ether oxygens (including phenoxy) is 1. The monoisotopic (exact) mass is 337 g/mol. The number of nitrogens with zero attached hydrogens (tertiary/aromatic N) is 2. The summed E-state index contributed by atoms with van der Waals surface area (Å²) in [6.45, 7) is 2.19. The van der Waals surface area contributed by atoms with E-state index in [1.54, 1.807) is 28.9 Å². The van der Waals surface area contributed by atoms with Gasteiger partial charge in [0.15, 0.2) is 0 Å². The van der Waals surface area contributed by atoms with Crippen LogP contribution in [0, 0.1) is 0 Å². The second-order valence-electron chi connectivity index (χ2n) is 4.39. The molecule has 5 nitrogen and oxygen atoms in total. The van der Waals surface area contributed by atoms with E-state index in [9.17, 15) is 4.79 Å². The molecule has 0 fully saturated rings. The van der Waals surface area contributed by atoms with Crippen molar-refractivity contribution in [3.63, 3.8) is 0 Å². The van der Waals surface area contributed by atoms with Gasteiger partial charge in [0.25, 0.3) is 0 Å². The third-order valence-electron chi connectivity index (χ3n) is 2.97. The van der Waals surface area contributed by atoms with E-state index < -0.39 is 5.97 Å². The molecule has 1 aromatic carbocycles.